The second-order valence-electron chi connectivity index (χ2n) is 7.51. The lowest BCUT2D eigenvalue weighted by Crippen LogP contribution is -2.48. The average Bonchev–Trinajstić information content (AvgIpc) is 3.01. The van der Waals surface area contributed by atoms with Crippen molar-refractivity contribution in [1.29, 1.82) is 0 Å². The molecule has 0 bridgehead atoms. The summed E-state index contributed by atoms with van der Waals surface area (Å²) in [4.78, 5) is 15.3. The molecule has 4 nitrogen and oxygen atoms in total. The maximum Gasteiger partial charge on any atom is 0.227 e. The molecule has 24 heavy (non-hydrogen) atoms. The van der Waals surface area contributed by atoms with Crippen LogP contribution in [0.2, 0.25) is 0 Å². The van der Waals surface area contributed by atoms with Crippen molar-refractivity contribution in [3.8, 4) is 0 Å². The van der Waals surface area contributed by atoms with Gasteiger partial charge in [0.1, 0.15) is 0 Å². The summed E-state index contributed by atoms with van der Waals surface area (Å²) in [5.41, 5.74) is 0.867. The molecule has 1 saturated heterocycles. The normalized spacial score (nSPS) is 25.7. The molecule has 3 rings (SSSR count). The predicted molar refractivity (Wildman–Crippen MR) is 95.5 cm³/mol. The molecule has 0 aromatic heterocycles. The number of nitrogens with one attached hydrogen (secondary N) is 1. The smallest absolute Gasteiger partial charge is 0.227 e. The zero-order valence-electron chi connectivity index (χ0n) is 14.5. The SMILES string of the molecule is O=C(NC1CCCCC1)C1(CCO)CCN(Cc2ccccc2)C1. The van der Waals surface area contributed by atoms with Gasteiger partial charge in [-0.15, -0.1) is 0 Å². The van der Waals surface area contributed by atoms with Crippen LogP contribution in [-0.4, -0.2) is 41.7 Å². The lowest BCUT2D eigenvalue weighted by atomic mass is 9.82. The molecule has 1 aliphatic carbocycles. The Bertz CT molecular complexity index is 528. The molecule has 1 atom stereocenters. The van der Waals surface area contributed by atoms with Gasteiger partial charge in [0, 0.05) is 25.7 Å². The molecular formula is C20H30N2O2. The van der Waals surface area contributed by atoms with Crippen LogP contribution >= 0.6 is 0 Å². The summed E-state index contributed by atoms with van der Waals surface area (Å²) in [5.74, 6) is 0.166. The lowest BCUT2D eigenvalue weighted by Gasteiger charge is -2.31. The van der Waals surface area contributed by atoms with Crippen LogP contribution in [0.15, 0.2) is 30.3 Å². The molecule has 1 saturated carbocycles. The minimum absolute atomic E-state index is 0.0806. The fourth-order valence-corrected chi connectivity index (χ4v) is 4.24. The molecule has 1 aliphatic heterocycles. The molecule has 4 heteroatoms. The summed E-state index contributed by atoms with van der Waals surface area (Å²) in [6, 6.07) is 10.7. The minimum Gasteiger partial charge on any atom is -0.396 e. The number of carbonyl (C=O) groups excluding carboxylic acids is 1. The first-order valence-electron chi connectivity index (χ1n) is 9.40. The van der Waals surface area contributed by atoms with E-state index in [0.29, 0.717) is 12.5 Å². The summed E-state index contributed by atoms with van der Waals surface area (Å²) in [7, 11) is 0. The van der Waals surface area contributed by atoms with E-state index in [1.807, 2.05) is 6.07 Å². The Balaban J connectivity index is 1.62. The first-order chi connectivity index (χ1) is 11.7. The van der Waals surface area contributed by atoms with Crippen LogP contribution in [-0.2, 0) is 11.3 Å². The van der Waals surface area contributed by atoms with Crippen LogP contribution in [0.3, 0.4) is 0 Å². The number of aliphatic hydroxyl groups is 1. The molecule has 2 fully saturated rings. The molecule has 2 aliphatic rings. The van der Waals surface area contributed by atoms with Gasteiger partial charge < -0.3 is 10.4 Å². The molecule has 1 aromatic rings. The molecule has 132 valence electrons. The number of nitrogens with zero attached hydrogens (tertiary/aromatic N) is 1. The first kappa shape index (κ1) is 17.4. The topological polar surface area (TPSA) is 52.6 Å². The van der Waals surface area contributed by atoms with Crippen molar-refractivity contribution in [2.75, 3.05) is 19.7 Å². The van der Waals surface area contributed by atoms with Crippen LogP contribution in [0.5, 0.6) is 0 Å². The minimum atomic E-state index is -0.416. The second kappa shape index (κ2) is 8.13. The van der Waals surface area contributed by atoms with Crippen LogP contribution in [0.1, 0.15) is 50.5 Å². The first-order valence-corrected chi connectivity index (χ1v) is 9.40. The van der Waals surface area contributed by atoms with E-state index in [9.17, 15) is 9.90 Å². The zero-order chi connectivity index (χ0) is 16.8. The third-order valence-corrected chi connectivity index (χ3v) is 5.69. The monoisotopic (exact) mass is 330 g/mol. The highest BCUT2D eigenvalue weighted by molar-refractivity contribution is 5.83. The van der Waals surface area contributed by atoms with E-state index in [0.717, 1.165) is 38.9 Å². The van der Waals surface area contributed by atoms with E-state index in [1.54, 1.807) is 0 Å². The van der Waals surface area contributed by atoms with Gasteiger partial charge in [-0.3, -0.25) is 9.69 Å². The summed E-state index contributed by atoms with van der Waals surface area (Å²) in [6.45, 7) is 2.63. The number of rotatable bonds is 6. The Morgan fingerprint density at radius 1 is 1.21 bits per heavy atom. The van der Waals surface area contributed by atoms with E-state index >= 15 is 0 Å². The van der Waals surface area contributed by atoms with E-state index < -0.39 is 5.41 Å². The number of benzene rings is 1. The van der Waals surface area contributed by atoms with Crippen molar-refractivity contribution in [3.05, 3.63) is 35.9 Å². The largest absolute Gasteiger partial charge is 0.396 e. The van der Waals surface area contributed by atoms with Crippen molar-refractivity contribution in [1.82, 2.24) is 10.2 Å². The van der Waals surface area contributed by atoms with Gasteiger partial charge in [-0.2, -0.15) is 0 Å². The van der Waals surface area contributed by atoms with Gasteiger partial charge >= 0.3 is 0 Å². The third-order valence-electron chi connectivity index (χ3n) is 5.69. The van der Waals surface area contributed by atoms with Gasteiger partial charge in [0.25, 0.3) is 0 Å². The molecule has 0 spiro atoms. The number of amides is 1. The fourth-order valence-electron chi connectivity index (χ4n) is 4.24. The maximum absolute atomic E-state index is 13.0. The van der Waals surface area contributed by atoms with Crippen molar-refractivity contribution >= 4 is 5.91 Å². The number of carbonyl (C=O) groups is 1. The van der Waals surface area contributed by atoms with Crippen molar-refractivity contribution in [3.63, 3.8) is 0 Å². The van der Waals surface area contributed by atoms with Gasteiger partial charge in [-0.05, 0) is 37.8 Å². The predicted octanol–water partition coefficient (Wildman–Crippen LogP) is 2.71. The maximum atomic E-state index is 13.0. The lowest BCUT2D eigenvalue weighted by molar-refractivity contribution is -0.132. The summed E-state index contributed by atoms with van der Waals surface area (Å²) in [5, 5.41) is 12.8. The van der Waals surface area contributed by atoms with Crippen molar-refractivity contribution < 1.29 is 9.90 Å². The molecule has 2 N–H and O–H groups in total. The zero-order valence-corrected chi connectivity index (χ0v) is 14.5. The Hall–Kier alpha value is -1.39. The number of hydrogen-bond acceptors (Lipinski definition) is 3. The van der Waals surface area contributed by atoms with E-state index in [1.165, 1.54) is 24.8 Å². The van der Waals surface area contributed by atoms with Gasteiger partial charge in [0.05, 0.1) is 5.41 Å². The fraction of sp³-hybridized carbons (Fsp3) is 0.650. The Kier molecular flexibility index (Phi) is 5.90. The molecule has 1 aromatic carbocycles. The van der Waals surface area contributed by atoms with E-state index in [4.69, 9.17) is 0 Å². The highest BCUT2D eigenvalue weighted by atomic mass is 16.3. The Morgan fingerprint density at radius 3 is 2.67 bits per heavy atom. The van der Waals surface area contributed by atoms with Gasteiger partial charge in [-0.25, -0.2) is 0 Å². The molecule has 1 heterocycles. The standard InChI is InChI=1S/C20H30N2O2/c23-14-12-20(19(24)21-18-9-5-2-6-10-18)11-13-22(16-20)15-17-7-3-1-4-8-17/h1,3-4,7-8,18,23H,2,5-6,9-16H2,(H,21,24). The number of hydrogen-bond donors (Lipinski definition) is 2. The molecule has 1 unspecified atom stereocenters. The Morgan fingerprint density at radius 2 is 1.96 bits per heavy atom. The number of likely N-dealkylation sites (tertiary alicyclic amines) is 1. The van der Waals surface area contributed by atoms with Gasteiger partial charge in [-0.1, -0.05) is 49.6 Å². The van der Waals surface area contributed by atoms with Gasteiger partial charge in [0.2, 0.25) is 5.91 Å². The van der Waals surface area contributed by atoms with Crippen LogP contribution in [0.4, 0.5) is 0 Å². The molecular weight excluding hydrogens is 300 g/mol. The number of aliphatic hydroxyl groups excluding tert-OH is 1. The van der Waals surface area contributed by atoms with E-state index in [-0.39, 0.29) is 12.5 Å². The highest BCUT2D eigenvalue weighted by Crippen LogP contribution is 2.35. The summed E-state index contributed by atoms with van der Waals surface area (Å²) < 4.78 is 0. The molecule has 1 amide bonds. The quantitative estimate of drug-likeness (QED) is 0.843. The van der Waals surface area contributed by atoms with Crippen molar-refractivity contribution in [2.45, 2.75) is 57.5 Å². The molecule has 0 radical (unpaired) electrons. The highest BCUT2D eigenvalue weighted by Gasteiger charge is 2.44. The van der Waals surface area contributed by atoms with Crippen LogP contribution in [0, 0.1) is 5.41 Å². The average molecular weight is 330 g/mol. The van der Waals surface area contributed by atoms with Crippen molar-refractivity contribution in [2.24, 2.45) is 5.41 Å². The Labute approximate surface area is 145 Å². The third kappa shape index (κ3) is 4.17. The van der Waals surface area contributed by atoms with Gasteiger partial charge in [0.15, 0.2) is 0 Å². The summed E-state index contributed by atoms with van der Waals surface area (Å²) in [6.07, 6.45) is 7.36. The second-order valence-corrected chi connectivity index (χ2v) is 7.51. The van der Waals surface area contributed by atoms with Crippen LogP contribution in [0.25, 0.3) is 0 Å². The summed E-state index contributed by atoms with van der Waals surface area (Å²) >= 11 is 0. The van der Waals surface area contributed by atoms with Crippen LogP contribution < -0.4 is 5.32 Å². The van der Waals surface area contributed by atoms with E-state index in [2.05, 4.69) is 34.5 Å².